The molecule has 2 aliphatic carbocycles. The molecule has 0 N–H and O–H groups in total. The Hall–Kier alpha value is -1.84. The third-order valence-corrected chi connectivity index (χ3v) is 5.72. The normalized spacial score (nSPS) is 20.0. The van der Waals surface area contributed by atoms with Gasteiger partial charge in [-0.05, 0) is 48.4 Å². The number of rotatable bonds is 5. The number of hydrogen-bond acceptors (Lipinski definition) is 3. The van der Waals surface area contributed by atoms with Crippen LogP contribution in [0.5, 0.6) is 0 Å². The topological polar surface area (TPSA) is 46.6 Å². The van der Waals surface area contributed by atoms with Crippen LogP contribution in [-0.2, 0) is 16.0 Å². The molecule has 0 aromatic heterocycles. The Balaban J connectivity index is 1.67. The minimum Gasteiger partial charge on any atom is -0.465 e. The molecule has 0 saturated heterocycles. The summed E-state index contributed by atoms with van der Waals surface area (Å²) in [4.78, 5) is 26.3. The van der Waals surface area contributed by atoms with Crippen molar-refractivity contribution < 1.29 is 14.3 Å². The van der Waals surface area contributed by atoms with Gasteiger partial charge in [0.25, 0.3) is 0 Å². The van der Waals surface area contributed by atoms with Gasteiger partial charge in [0.05, 0.1) is 18.7 Å². The number of amides is 1. The molecule has 130 valence electrons. The summed E-state index contributed by atoms with van der Waals surface area (Å²) in [6.07, 6.45) is 8.77. The van der Waals surface area contributed by atoms with E-state index in [1.165, 1.54) is 38.4 Å². The zero-order chi connectivity index (χ0) is 17.1. The molecule has 0 bridgehead atoms. The van der Waals surface area contributed by atoms with Gasteiger partial charge in [0.15, 0.2) is 0 Å². The fraction of sp³-hybridized carbons (Fsp3) is 0.600. The van der Waals surface area contributed by atoms with Crippen LogP contribution < -0.4 is 0 Å². The van der Waals surface area contributed by atoms with Crippen LogP contribution in [-0.4, -0.2) is 30.9 Å². The van der Waals surface area contributed by atoms with E-state index in [2.05, 4.69) is 0 Å². The first kappa shape index (κ1) is 17.0. The molecule has 1 saturated carbocycles. The highest BCUT2D eigenvalue weighted by molar-refractivity contribution is 5.89. The maximum absolute atomic E-state index is 12.6. The number of methoxy groups -OCH3 is 1. The second-order valence-corrected chi connectivity index (χ2v) is 7.15. The van der Waals surface area contributed by atoms with Gasteiger partial charge in [0.2, 0.25) is 5.91 Å². The van der Waals surface area contributed by atoms with Gasteiger partial charge >= 0.3 is 5.97 Å². The Morgan fingerprint density at radius 3 is 2.67 bits per heavy atom. The fourth-order valence-corrected chi connectivity index (χ4v) is 4.20. The SMILES string of the molecule is COC(=O)c1ccc2c(c1)C(N(C)C(=O)CCC1CCCC1)CC2. The number of carbonyl (C=O) groups is 2. The Labute approximate surface area is 144 Å². The molecular formula is C20H27NO3. The quantitative estimate of drug-likeness (QED) is 0.770. The highest BCUT2D eigenvalue weighted by Gasteiger charge is 2.29. The number of nitrogens with zero attached hydrogens (tertiary/aromatic N) is 1. The van der Waals surface area contributed by atoms with Crippen LogP contribution >= 0.6 is 0 Å². The Bertz CT molecular complexity index is 619. The lowest BCUT2D eigenvalue weighted by Gasteiger charge is -2.26. The van der Waals surface area contributed by atoms with Gasteiger partial charge in [-0.1, -0.05) is 31.7 Å². The second-order valence-electron chi connectivity index (χ2n) is 7.15. The van der Waals surface area contributed by atoms with E-state index in [-0.39, 0.29) is 17.9 Å². The molecule has 1 atom stereocenters. The number of fused-ring (bicyclic) bond motifs is 1. The highest BCUT2D eigenvalue weighted by Crippen LogP contribution is 2.36. The molecule has 1 unspecified atom stereocenters. The van der Waals surface area contributed by atoms with Gasteiger partial charge < -0.3 is 9.64 Å². The van der Waals surface area contributed by atoms with Gasteiger partial charge in [-0.15, -0.1) is 0 Å². The van der Waals surface area contributed by atoms with E-state index < -0.39 is 0 Å². The van der Waals surface area contributed by atoms with E-state index in [9.17, 15) is 9.59 Å². The van der Waals surface area contributed by atoms with Crippen molar-refractivity contribution in [3.63, 3.8) is 0 Å². The maximum Gasteiger partial charge on any atom is 0.337 e. The molecule has 0 aliphatic heterocycles. The van der Waals surface area contributed by atoms with Crippen molar-refractivity contribution in [1.29, 1.82) is 0 Å². The van der Waals surface area contributed by atoms with Gasteiger partial charge in [0, 0.05) is 13.5 Å². The standard InChI is InChI=1S/C20H27NO3/c1-21(19(22)12-7-14-5-3-4-6-14)18-11-10-15-8-9-16(13-17(15)18)20(23)24-2/h8-9,13-14,18H,3-7,10-12H2,1-2H3. The highest BCUT2D eigenvalue weighted by atomic mass is 16.5. The molecule has 3 rings (SSSR count). The zero-order valence-corrected chi connectivity index (χ0v) is 14.7. The Morgan fingerprint density at radius 1 is 1.21 bits per heavy atom. The van der Waals surface area contributed by atoms with Gasteiger partial charge in [-0.3, -0.25) is 4.79 Å². The molecule has 0 spiro atoms. The molecule has 1 aromatic rings. The second kappa shape index (κ2) is 7.37. The molecule has 1 amide bonds. The molecule has 4 nitrogen and oxygen atoms in total. The minimum atomic E-state index is -0.321. The van der Waals surface area contributed by atoms with E-state index in [0.29, 0.717) is 12.0 Å². The summed E-state index contributed by atoms with van der Waals surface area (Å²) < 4.78 is 4.82. The lowest BCUT2D eigenvalue weighted by Crippen LogP contribution is -2.30. The molecular weight excluding hydrogens is 302 g/mol. The third kappa shape index (κ3) is 3.47. The van der Waals surface area contributed by atoms with Gasteiger partial charge in [-0.2, -0.15) is 0 Å². The van der Waals surface area contributed by atoms with Crippen LogP contribution in [0.1, 0.15) is 72.5 Å². The Kier molecular flexibility index (Phi) is 5.22. The van der Waals surface area contributed by atoms with Crippen molar-refractivity contribution in [1.82, 2.24) is 4.90 Å². The van der Waals surface area contributed by atoms with E-state index in [1.54, 1.807) is 0 Å². The van der Waals surface area contributed by atoms with Crippen molar-refractivity contribution in [2.24, 2.45) is 5.92 Å². The third-order valence-electron chi connectivity index (χ3n) is 5.72. The number of esters is 1. The minimum absolute atomic E-state index is 0.0840. The lowest BCUT2D eigenvalue weighted by atomic mass is 10.00. The fourth-order valence-electron chi connectivity index (χ4n) is 4.20. The molecule has 0 radical (unpaired) electrons. The predicted octanol–water partition coefficient (Wildman–Crippen LogP) is 3.89. The molecule has 1 fully saturated rings. The average molecular weight is 329 g/mol. The maximum atomic E-state index is 12.6. The number of aryl methyl sites for hydroxylation is 1. The number of carbonyl (C=O) groups excluding carboxylic acids is 2. The summed E-state index contributed by atoms with van der Waals surface area (Å²) in [5.41, 5.74) is 2.91. The first-order valence-electron chi connectivity index (χ1n) is 9.07. The van der Waals surface area contributed by atoms with Crippen LogP contribution in [0.25, 0.3) is 0 Å². The molecule has 24 heavy (non-hydrogen) atoms. The van der Waals surface area contributed by atoms with Crippen molar-refractivity contribution in [2.75, 3.05) is 14.2 Å². The van der Waals surface area contributed by atoms with E-state index in [1.807, 2.05) is 30.1 Å². The zero-order valence-electron chi connectivity index (χ0n) is 14.7. The summed E-state index contributed by atoms with van der Waals surface area (Å²) in [7, 11) is 3.30. The summed E-state index contributed by atoms with van der Waals surface area (Å²) in [5.74, 6) is 0.644. The largest absolute Gasteiger partial charge is 0.465 e. The van der Waals surface area contributed by atoms with E-state index >= 15 is 0 Å². The van der Waals surface area contributed by atoms with Crippen molar-refractivity contribution in [3.8, 4) is 0 Å². The van der Waals surface area contributed by atoms with Gasteiger partial charge in [0.1, 0.15) is 0 Å². The predicted molar refractivity (Wildman–Crippen MR) is 92.8 cm³/mol. The van der Waals surface area contributed by atoms with E-state index in [4.69, 9.17) is 4.74 Å². The number of ether oxygens (including phenoxy) is 1. The monoisotopic (exact) mass is 329 g/mol. The van der Waals surface area contributed by atoms with E-state index in [0.717, 1.165) is 30.7 Å². The number of hydrogen-bond donors (Lipinski definition) is 0. The van der Waals surface area contributed by atoms with Crippen LogP contribution in [0.15, 0.2) is 18.2 Å². The summed E-state index contributed by atoms with van der Waals surface area (Å²) in [6, 6.07) is 5.80. The van der Waals surface area contributed by atoms with Crippen LogP contribution in [0.4, 0.5) is 0 Å². The first-order chi connectivity index (χ1) is 11.6. The Morgan fingerprint density at radius 2 is 1.96 bits per heavy atom. The summed E-state index contributed by atoms with van der Waals surface area (Å²) >= 11 is 0. The number of benzene rings is 1. The van der Waals surface area contributed by atoms with Gasteiger partial charge in [-0.25, -0.2) is 4.79 Å². The van der Waals surface area contributed by atoms with Crippen molar-refractivity contribution >= 4 is 11.9 Å². The van der Waals surface area contributed by atoms with Crippen LogP contribution in [0, 0.1) is 5.92 Å². The summed E-state index contributed by atoms with van der Waals surface area (Å²) in [5, 5.41) is 0. The van der Waals surface area contributed by atoms with Crippen molar-refractivity contribution in [3.05, 3.63) is 34.9 Å². The molecule has 4 heteroatoms. The van der Waals surface area contributed by atoms with Crippen molar-refractivity contribution in [2.45, 2.75) is 57.4 Å². The average Bonchev–Trinajstić information content (AvgIpc) is 3.27. The first-order valence-corrected chi connectivity index (χ1v) is 9.07. The van der Waals surface area contributed by atoms with Crippen LogP contribution in [0.3, 0.4) is 0 Å². The molecule has 0 heterocycles. The summed E-state index contributed by atoms with van der Waals surface area (Å²) in [6.45, 7) is 0. The lowest BCUT2D eigenvalue weighted by molar-refractivity contribution is -0.132. The smallest absolute Gasteiger partial charge is 0.337 e. The van der Waals surface area contributed by atoms with Crippen LogP contribution in [0.2, 0.25) is 0 Å². The molecule has 2 aliphatic rings. The molecule has 1 aromatic carbocycles.